The molecular weight excluding hydrogens is 487 g/mol. The fourth-order valence-electron chi connectivity index (χ4n) is 3.86. The first kappa shape index (κ1) is 34.1. The number of hydrogen-bond acceptors (Lipinski definition) is 7. The highest BCUT2D eigenvalue weighted by Crippen LogP contribution is 2.61. The van der Waals surface area contributed by atoms with Gasteiger partial charge in [-0.3, -0.25) is 0 Å². The third-order valence-electron chi connectivity index (χ3n) is 5.84. The zero-order chi connectivity index (χ0) is 26.6. The number of hydrogen-bond donors (Lipinski definition) is 2. The first-order chi connectivity index (χ1) is 16.7. The van der Waals surface area contributed by atoms with E-state index in [2.05, 4.69) is 27.7 Å². The summed E-state index contributed by atoms with van der Waals surface area (Å²) in [5.41, 5.74) is 0. The van der Waals surface area contributed by atoms with Crippen LogP contribution in [0.15, 0.2) is 23.1 Å². The number of benzene rings is 1. The Kier molecular flexibility index (Phi) is 19.6. The molecule has 0 bridgehead atoms. The van der Waals surface area contributed by atoms with Crippen molar-refractivity contribution in [1.82, 2.24) is 0 Å². The Morgan fingerprint density at radius 1 is 0.771 bits per heavy atom. The van der Waals surface area contributed by atoms with Crippen LogP contribution in [0.4, 0.5) is 0 Å². The molecule has 0 atom stereocenters. The standard InChI is InChI=1S/C16H36P.C10H14O7S/c1-5-9-13-17(14-10-6-2,15-11-7-3)16-12-8-4;11-3-5-16-8-1-2-10(18(13,14)15)9(7-8)17-6-4-12/h5-16H2,1-4H3;1-2,7,11-12H,3-6H2,(H,13,14,15)/q+1;/p-1. The monoisotopic (exact) mass is 536 g/mol. The van der Waals surface area contributed by atoms with Crippen molar-refractivity contribution >= 4 is 17.4 Å². The Labute approximate surface area is 214 Å². The van der Waals surface area contributed by atoms with Gasteiger partial charge >= 0.3 is 0 Å². The van der Waals surface area contributed by atoms with E-state index in [1.807, 2.05) is 0 Å². The molecule has 0 spiro atoms. The molecule has 35 heavy (non-hydrogen) atoms. The topological polar surface area (TPSA) is 116 Å². The fraction of sp³-hybridized carbons (Fsp3) is 0.769. The van der Waals surface area contributed by atoms with Gasteiger partial charge < -0.3 is 24.2 Å². The van der Waals surface area contributed by atoms with Crippen LogP contribution in [-0.2, 0) is 10.1 Å². The Balaban J connectivity index is 0.000000662. The van der Waals surface area contributed by atoms with E-state index in [9.17, 15) is 13.0 Å². The lowest BCUT2D eigenvalue weighted by Crippen LogP contribution is -2.12. The summed E-state index contributed by atoms with van der Waals surface area (Å²) >= 11 is 0. The van der Waals surface area contributed by atoms with Gasteiger partial charge in [0.2, 0.25) is 0 Å². The lowest BCUT2D eigenvalue weighted by Gasteiger charge is -2.28. The first-order valence-electron chi connectivity index (χ1n) is 13.2. The fourth-order valence-corrected chi connectivity index (χ4v) is 9.75. The summed E-state index contributed by atoms with van der Waals surface area (Å²) in [5.74, 6) is 0.0684. The van der Waals surface area contributed by atoms with E-state index in [0.717, 1.165) is 6.07 Å². The molecule has 0 aliphatic rings. The molecule has 0 saturated carbocycles. The van der Waals surface area contributed by atoms with Crippen LogP contribution in [0, 0.1) is 0 Å². The SMILES string of the molecule is CCCC[P+](CCCC)(CCCC)CCCC.O=S(=O)([O-])c1ccc(OCCO)cc1OCCO. The Bertz CT molecular complexity index is 719. The molecule has 0 aliphatic heterocycles. The Morgan fingerprint density at radius 3 is 1.57 bits per heavy atom. The maximum Gasteiger partial charge on any atom is 0.140 e. The molecule has 0 unspecified atom stereocenters. The van der Waals surface area contributed by atoms with Crippen LogP contribution in [0.25, 0.3) is 0 Å². The minimum Gasteiger partial charge on any atom is -0.744 e. The molecule has 1 aromatic rings. The molecule has 0 radical (unpaired) electrons. The quantitative estimate of drug-likeness (QED) is 0.176. The van der Waals surface area contributed by atoms with Crippen molar-refractivity contribution in [2.24, 2.45) is 0 Å². The largest absolute Gasteiger partial charge is 0.744 e. The van der Waals surface area contributed by atoms with E-state index in [0.29, 0.717) is 0 Å². The van der Waals surface area contributed by atoms with Crippen molar-refractivity contribution in [2.45, 2.75) is 84.0 Å². The van der Waals surface area contributed by atoms with Gasteiger partial charge in [0, 0.05) is 13.3 Å². The molecule has 0 saturated heterocycles. The van der Waals surface area contributed by atoms with Gasteiger partial charge in [-0.05, 0) is 37.8 Å². The van der Waals surface area contributed by atoms with Crippen molar-refractivity contribution < 1.29 is 32.7 Å². The van der Waals surface area contributed by atoms with Gasteiger partial charge in [0.25, 0.3) is 0 Å². The van der Waals surface area contributed by atoms with E-state index in [4.69, 9.17) is 19.7 Å². The second-order valence-corrected chi connectivity index (χ2v) is 14.7. The van der Waals surface area contributed by atoms with Gasteiger partial charge in [0.05, 0.1) is 42.8 Å². The molecule has 2 N–H and O–H groups in total. The smallest absolute Gasteiger partial charge is 0.140 e. The maximum atomic E-state index is 11.0. The number of aliphatic hydroxyl groups is 2. The number of ether oxygens (including phenoxy) is 2. The predicted molar refractivity (Wildman–Crippen MR) is 146 cm³/mol. The summed E-state index contributed by atoms with van der Waals surface area (Å²) in [6.07, 6.45) is 17.9. The number of rotatable bonds is 19. The highest BCUT2D eigenvalue weighted by molar-refractivity contribution is 7.85. The maximum absolute atomic E-state index is 11.0. The first-order valence-corrected chi connectivity index (χ1v) is 17.1. The highest BCUT2D eigenvalue weighted by atomic mass is 32.2. The zero-order valence-corrected chi connectivity index (χ0v) is 24.0. The van der Waals surface area contributed by atoms with E-state index in [1.54, 1.807) is 24.6 Å². The van der Waals surface area contributed by atoms with Gasteiger partial charge in [-0.25, -0.2) is 8.42 Å². The summed E-state index contributed by atoms with van der Waals surface area (Å²) < 4.78 is 42.9. The molecule has 0 fully saturated rings. The van der Waals surface area contributed by atoms with Gasteiger partial charge in [-0.1, -0.05) is 53.4 Å². The minimum atomic E-state index is -4.66. The van der Waals surface area contributed by atoms with Crippen LogP contribution in [0.1, 0.15) is 79.1 Å². The number of aliphatic hydroxyl groups excluding tert-OH is 2. The molecular formula is C26H49O7PS. The van der Waals surface area contributed by atoms with Crippen molar-refractivity contribution in [1.29, 1.82) is 0 Å². The molecule has 1 aromatic carbocycles. The summed E-state index contributed by atoms with van der Waals surface area (Å²) in [5, 5.41) is 17.2. The summed E-state index contributed by atoms with van der Waals surface area (Å²) in [7, 11) is -5.22. The van der Waals surface area contributed by atoms with Crippen LogP contribution in [0.2, 0.25) is 0 Å². The lowest BCUT2D eigenvalue weighted by molar-refractivity contribution is 0.192. The summed E-state index contributed by atoms with van der Waals surface area (Å²) in [6.45, 7) is 8.79. The highest BCUT2D eigenvalue weighted by Gasteiger charge is 2.34. The Hall–Kier alpha value is -0.920. The normalized spacial score (nSPS) is 11.6. The van der Waals surface area contributed by atoms with Crippen LogP contribution in [0.5, 0.6) is 11.5 Å². The molecule has 0 aromatic heterocycles. The third kappa shape index (κ3) is 15.0. The average Bonchev–Trinajstić information content (AvgIpc) is 2.85. The van der Waals surface area contributed by atoms with Gasteiger partial charge in [-0.2, -0.15) is 0 Å². The molecule has 9 heteroatoms. The van der Waals surface area contributed by atoms with Crippen LogP contribution < -0.4 is 9.47 Å². The second kappa shape index (κ2) is 20.2. The second-order valence-electron chi connectivity index (χ2n) is 8.86. The van der Waals surface area contributed by atoms with Gasteiger partial charge in [0.15, 0.2) is 0 Å². The van der Waals surface area contributed by atoms with Crippen LogP contribution in [0.3, 0.4) is 0 Å². The van der Waals surface area contributed by atoms with E-state index >= 15 is 0 Å². The van der Waals surface area contributed by atoms with Gasteiger partial charge in [0.1, 0.15) is 34.8 Å². The van der Waals surface area contributed by atoms with Crippen molar-refractivity contribution in [2.75, 3.05) is 51.1 Å². The van der Waals surface area contributed by atoms with E-state index < -0.39 is 22.3 Å². The molecule has 0 heterocycles. The van der Waals surface area contributed by atoms with E-state index in [1.165, 1.54) is 63.5 Å². The average molecular weight is 537 g/mol. The lowest BCUT2D eigenvalue weighted by atomic mass is 10.3. The molecule has 0 aliphatic carbocycles. The number of unbranched alkanes of at least 4 members (excludes halogenated alkanes) is 4. The van der Waals surface area contributed by atoms with Crippen molar-refractivity contribution in [3.05, 3.63) is 18.2 Å². The molecule has 7 nitrogen and oxygen atoms in total. The van der Waals surface area contributed by atoms with Crippen molar-refractivity contribution in [3.63, 3.8) is 0 Å². The molecule has 0 amide bonds. The Morgan fingerprint density at radius 2 is 1.20 bits per heavy atom. The van der Waals surface area contributed by atoms with Gasteiger partial charge in [-0.15, -0.1) is 0 Å². The minimum absolute atomic E-state index is 0.0307. The van der Waals surface area contributed by atoms with Crippen LogP contribution in [-0.4, -0.2) is 74.3 Å². The molecule has 206 valence electrons. The zero-order valence-electron chi connectivity index (χ0n) is 22.3. The third-order valence-corrected chi connectivity index (χ3v) is 11.8. The van der Waals surface area contributed by atoms with Crippen molar-refractivity contribution in [3.8, 4) is 11.5 Å². The molecule has 1 rings (SSSR count). The summed E-state index contributed by atoms with van der Waals surface area (Å²) in [6, 6.07) is 3.56. The van der Waals surface area contributed by atoms with E-state index in [-0.39, 0.29) is 37.9 Å². The summed E-state index contributed by atoms with van der Waals surface area (Å²) in [4.78, 5) is -0.521. The predicted octanol–water partition coefficient (Wildman–Crippen LogP) is 5.54. The van der Waals surface area contributed by atoms with Crippen LogP contribution >= 0.6 is 7.26 Å².